The highest BCUT2D eigenvalue weighted by molar-refractivity contribution is 6.30. The molecule has 1 aromatic carbocycles. The van der Waals surface area contributed by atoms with Gasteiger partial charge in [-0.3, -0.25) is 9.88 Å². The Morgan fingerprint density at radius 2 is 1.94 bits per heavy atom. The highest BCUT2D eigenvalue weighted by atomic mass is 35.5. The minimum Gasteiger partial charge on any atom is -0.456 e. The van der Waals surface area contributed by atoms with Gasteiger partial charge in [-0.15, -0.1) is 0 Å². The summed E-state index contributed by atoms with van der Waals surface area (Å²) in [5.41, 5.74) is 1.22. The number of pyridine rings is 1. The SMILES string of the molecule is CN(Cc1cccc(Oc2cccnc2)c1)[C@H]1C[C@@H]2CN(C(=O)n3cc(Cl)cn3)C[C@@H]2C1. The van der Waals surface area contributed by atoms with Gasteiger partial charge in [0, 0.05) is 31.9 Å². The molecule has 2 aromatic heterocycles. The minimum absolute atomic E-state index is 0.0818. The Labute approximate surface area is 192 Å². The van der Waals surface area contributed by atoms with Crippen LogP contribution in [0.5, 0.6) is 11.5 Å². The lowest BCUT2D eigenvalue weighted by Gasteiger charge is -2.26. The molecular formula is C24H26ClN5O2. The number of aromatic nitrogens is 3. The van der Waals surface area contributed by atoms with Crippen molar-refractivity contribution in [2.24, 2.45) is 11.8 Å². The summed E-state index contributed by atoms with van der Waals surface area (Å²) >= 11 is 5.91. The van der Waals surface area contributed by atoms with Gasteiger partial charge in [0.2, 0.25) is 0 Å². The van der Waals surface area contributed by atoms with E-state index in [1.165, 1.54) is 16.4 Å². The summed E-state index contributed by atoms with van der Waals surface area (Å²) in [6.45, 7) is 2.45. The highest BCUT2D eigenvalue weighted by Gasteiger charge is 2.43. The van der Waals surface area contributed by atoms with Crippen molar-refractivity contribution in [3.05, 3.63) is 71.8 Å². The standard InChI is InChI=1S/C24H26ClN5O2/c1-28(13-17-4-2-5-22(8-17)32-23-6-3-7-26-12-23)21-9-18-14-29(15-19(18)10-21)24(31)30-16-20(25)11-27-30/h2-8,11-12,16,18-19,21H,9-10,13-15H2,1H3/t18-,19+,21+. The average Bonchev–Trinajstić information content (AvgIpc) is 3.49. The second-order valence-electron chi connectivity index (χ2n) is 8.79. The molecule has 1 saturated carbocycles. The fraction of sp³-hybridized carbons (Fsp3) is 0.375. The zero-order valence-electron chi connectivity index (χ0n) is 18.0. The first-order chi connectivity index (χ1) is 15.5. The van der Waals surface area contributed by atoms with E-state index in [4.69, 9.17) is 16.3 Å². The molecule has 3 atom stereocenters. The third-order valence-corrected chi connectivity index (χ3v) is 6.76. The molecule has 0 unspecified atom stereocenters. The molecule has 0 bridgehead atoms. The van der Waals surface area contributed by atoms with Crippen LogP contribution in [0.15, 0.2) is 61.2 Å². The predicted octanol–water partition coefficient (Wildman–Crippen LogP) is 4.53. The van der Waals surface area contributed by atoms with Gasteiger partial charge in [0.1, 0.15) is 11.5 Å². The molecule has 3 heterocycles. The quantitative estimate of drug-likeness (QED) is 0.570. The molecule has 32 heavy (non-hydrogen) atoms. The van der Waals surface area contributed by atoms with E-state index in [0.29, 0.717) is 22.9 Å². The van der Waals surface area contributed by atoms with Gasteiger partial charge in [-0.25, -0.2) is 4.79 Å². The number of amides is 1. The van der Waals surface area contributed by atoms with Crippen LogP contribution in [-0.2, 0) is 6.54 Å². The second-order valence-corrected chi connectivity index (χ2v) is 9.23. The average molecular weight is 452 g/mol. The molecule has 0 spiro atoms. The fourth-order valence-corrected chi connectivity index (χ4v) is 5.14. The summed E-state index contributed by atoms with van der Waals surface area (Å²) in [6, 6.07) is 12.4. The molecule has 7 nitrogen and oxygen atoms in total. The van der Waals surface area contributed by atoms with Gasteiger partial charge in [-0.2, -0.15) is 9.78 Å². The van der Waals surface area contributed by atoms with Gasteiger partial charge in [-0.1, -0.05) is 23.7 Å². The van der Waals surface area contributed by atoms with Crippen LogP contribution >= 0.6 is 11.6 Å². The number of benzene rings is 1. The van der Waals surface area contributed by atoms with Gasteiger partial charge in [0.05, 0.1) is 23.6 Å². The van der Waals surface area contributed by atoms with E-state index in [2.05, 4.69) is 34.2 Å². The van der Waals surface area contributed by atoms with Gasteiger partial charge in [0.15, 0.2) is 0 Å². The van der Waals surface area contributed by atoms with E-state index in [9.17, 15) is 4.79 Å². The zero-order valence-corrected chi connectivity index (χ0v) is 18.7. The van der Waals surface area contributed by atoms with E-state index >= 15 is 0 Å². The predicted molar refractivity (Wildman–Crippen MR) is 122 cm³/mol. The summed E-state index contributed by atoms with van der Waals surface area (Å²) in [6.07, 6.45) is 8.73. The van der Waals surface area contributed by atoms with Crippen molar-refractivity contribution in [1.82, 2.24) is 24.6 Å². The number of nitrogens with zero attached hydrogens (tertiary/aromatic N) is 5. The van der Waals surface area contributed by atoms with Crippen LogP contribution in [0, 0.1) is 11.8 Å². The second kappa shape index (κ2) is 8.92. The number of fused-ring (bicyclic) bond motifs is 1. The highest BCUT2D eigenvalue weighted by Crippen LogP contribution is 2.40. The van der Waals surface area contributed by atoms with Gasteiger partial charge >= 0.3 is 6.03 Å². The van der Waals surface area contributed by atoms with Crippen molar-refractivity contribution < 1.29 is 9.53 Å². The summed E-state index contributed by atoms with van der Waals surface area (Å²) in [5, 5.41) is 4.53. The Morgan fingerprint density at radius 1 is 1.16 bits per heavy atom. The first-order valence-electron chi connectivity index (χ1n) is 10.9. The minimum atomic E-state index is -0.0818. The normalized spacial score (nSPS) is 22.3. The summed E-state index contributed by atoms with van der Waals surface area (Å²) in [5.74, 6) is 2.63. The van der Waals surface area contributed by atoms with Crippen LogP contribution in [0.4, 0.5) is 4.79 Å². The first-order valence-corrected chi connectivity index (χ1v) is 11.3. The number of hydrogen-bond acceptors (Lipinski definition) is 5. The molecule has 1 aliphatic heterocycles. The molecule has 0 radical (unpaired) electrons. The molecule has 2 fully saturated rings. The van der Waals surface area contributed by atoms with E-state index in [-0.39, 0.29) is 6.03 Å². The van der Waals surface area contributed by atoms with E-state index in [1.807, 2.05) is 29.2 Å². The lowest BCUT2D eigenvalue weighted by atomic mass is 10.0. The third kappa shape index (κ3) is 4.49. The van der Waals surface area contributed by atoms with Crippen LogP contribution in [0.2, 0.25) is 5.02 Å². The van der Waals surface area contributed by atoms with E-state index < -0.39 is 0 Å². The molecule has 0 N–H and O–H groups in total. The van der Waals surface area contributed by atoms with Crippen molar-refractivity contribution in [2.45, 2.75) is 25.4 Å². The maximum Gasteiger partial charge on any atom is 0.344 e. The van der Waals surface area contributed by atoms with Crippen LogP contribution < -0.4 is 4.74 Å². The zero-order chi connectivity index (χ0) is 22.1. The number of ether oxygens (including phenoxy) is 1. The largest absolute Gasteiger partial charge is 0.456 e. The molecule has 8 heteroatoms. The lowest BCUT2D eigenvalue weighted by molar-refractivity contribution is 0.192. The maximum absolute atomic E-state index is 12.7. The number of likely N-dealkylation sites (tertiary alicyclic amines) is 1. The lowest BCUT2D eigenvalue weighted by Crippen LogP contribution is -2.36. The van der Waals surface area contributed by atoms with Crippen molar-refractivity contribution >= 4 is 17.6 Å². The van der Waals surface area contributed by atoms with Crippen molar-refractivity contribution in [3.8, 4) is 11.5 Å². The Bertz CT molecular complexity index is 1070. The Hall–Kier alpha value is -2.90. The van der Waals surface area contributed by atoms with Crippen LogP contribution in [0.3, 0.4) is 0 Å². The van der Waals surface area contributed by atoms with Crippen molar-refractivity contribution in [1.29, 1.82) is 0 Å². The van der Waals surface area contributed by atoms with E-state index in [1.54, 1.807) is 18.6 Å². The molecule has 5 rings (SSSR count). The Balaban J connectivity index is 1.16. The van der Waals surface area contributed by atoms with Gasteiger partial charge < -0.3 is 9.64 Å². The maximum atomic E-state index is 12.7. The topological polar surface area (TPSA) is 63.5 Å². The van der Waals surface area contributed by atoms with Crippen LogP contribution in [-0.4, -0.2) is 56.8 Å². The molecule has 2 aliphatic rings. The number of carbonyl (C=O) groups is 1. The Morgan fingerprint density at radius 3 is 2.62 bits per heavy atom. The molecule has 3 aromatic rings. The first kappa shape index (κ1) is 21.0. The van der Waals surface area contributed by atoms with Crippen LogP contribution in [0.1, 0.15) is 18.4 Å². The van der Waals surface area contributed by atoms with E-state index in [0.717, 1.165) is 44.0 Å². The molecule has 1 amide bonds. The molecule has 166 valence electrons. The number of hydrogen-bond donors (Lipinski definition) is 0. The number of halogens is 1. The van der Waals surface area contributed by atoms with Crippen molar-refractivity contribution in [3.63, 3.8) is 0 Å². The molecule has 1 aliphatic carbocycles. The number of carbonyl (C=O) groups excluding carboxylic acids is 1. The third-order valence-electron chi connectivity index (χ3n) is 6.57. The Kier molecular flexibility index (Phi) is 5.85. The summed E-state index contributed by atoms with van der Waals surface area (Å²) < 4.78 is 7.27. The van der Waals surface area contributed by atoms with Gasteiger partial charge in [-0.05, 0) is 61.6 Å². The van der Waals surface area contributed by atoms with Gasteiger partial charge in [0.25, 0.3) is 0 Å². The van der Waals surface area contributed by atoms with Crippen molar-refractivity contribution in [2.75, 3.05) is 20.1 Å². The molecule has 1 saturated heterocycles. The smallest absolute Gasteiger partial charge is 0.344 e. The monoisotopic (exact) mass is 451 g/mol. The summed E-state index contributed by atoms with van der Waals surface area (Å²) in [4.78, 5) is 21.1. The van der Waals surface area contributed by atoms with Crippen LogP contribution in [0.25, 0.3) is 0 Å². The fourth-order valence-electron chi connectivity index (χ4n) is 5.00. The number of rotatable bonds is 5. The summed E-state index contributed by atoms with van der Waals surface area (Å²) in [7, 11) is 2.19. The molecular weight excluding hydrogens is 426 g/mol.